The summed E-state index contributed by atoms with van der Waals surface area (Å²) in [7, 11) is 0. The maximum absolute atomic E-state index is 13.2. The number of hydrogen-bond acceptors (Lipinski definition) is 4. The summed E-state index contributed by atoms with van der Waals surface area (Å²) in [5.74, 6) is -0.128. The Morgan fingerprint density at radius 2 is 1.81 bits per heavy atom. The average molecular weight is 431 g/mol. The van der Waals surface area contributed by atoms with Crippen LogP contribution in [0.2, 0.25) is 0 Å². The van der Waals surface area contributed by atoms with E-state index in [4.69, 9.17) is 15.2 Å². The van der Waals surface area contributed by atoms with Crippen LogP contribution in [0.1, 0.15) is 10.5 Å². The second-order valence-corrected chi connectivity index (χ2v) is 6.48. The molecule has 3 rings (SSSR count). The van der Waals surface area contributed by atoms with Crippen LogP contribution in [0.4, 0.5) is 4.39 Å². The number of primary amides is 1. The van der Waals surface area contributed by atoms with Gasteiger partial charge in [0.1, 0.15) is 24.8 Å². The number of nitrogens with zero attached hydrogens (tertiary/aromatic N) is 1. The Bertz CT molecular complexity index is 948. The van der Waals surface area contributed by atoms with E-state index in [1.54, 1.807) is 18.2 Å². The van der Waals surface area contributed by atoms with E-state index in [2.05, 4.69) is 20.9 Å². The van der Waals surface area contributed by atoms with E-state index in [1.807, 2.05) is 24.3 Å². The fourth-order valence-electron chi connectivity index (χ4n) is 2.49. The summed E-state index contributed by atoms with van der Waals surface area (Å²) in [6.07, 6.45) is 1.46. The van der Waals surface area contributed by atoms with Crippen molar-refractivity contribution in [2.75, 3.05) is 13.2 Å². The molecule has 3 aromatic rings. The predicted molar refractivity (Wildman–Crippen MR) is 103 cm³/mol. The minimum Gasteiger partial charge on any atom is -0.490 e. The molecule has 0 bridgehead atoms. The topological polar surface area (TPSA) is 74.4 Å². The van der Waals surface area contributed by atoms with Crippen LogP contribution in [-0.2, 0) is 0 Å². The zero-order chi connectivity index (χ0) is 19.2. The Kier molecular flexibility index (Phi) is 6.03. The summed E-state index contributed by atoms with van der Waals surface area (Å²) in [6, 6.07) is 15.0. The van der Waals surface area contributed by atoms with Crippen LogP contribution in [0.5, 0.6) is 11.5 Å². The number of carbonyl (C=O) groups excluding carboxylic acids is 1. The van der Waals surface area contributed by atoms with Gasteiger partial charge in [-0.2, -0.15) is 0 Å². The van der Waals surface area contributed by atoms with Gasteiger partial charge < -0.3 is 15.2 Å². The van der Waals surface area contributed by atoms with Gasteiger partial charge in [-0.3, -0.25) is 4.79 Å². The molecule has 7 heteroatoms. The Hall–Kier alpha value is -2.93. The molecule has 138 valence electrons. The van der Waals surface area contributed by atoms with E-state index in [9.17, 15) is 9.18 Å². The van der Waals surface area contributed by atoms with Gasteiger partial charge in [0.25, 0.3) is 5.91 Å². The predicted octanol–water partition coefficient (Wildman–Crippen LogP) is 4.21. The van der Waals surface area contributed by atoms with Gasteiger partial charge in [0.2, 0.25) is 0 Å². The van der Waals surface area contributed by atoms with Crippen molar-refractivity contribution in [1.29, 1.82) is 0 Å². The SMILES string of the molecule is NC(=O)c1nccc(-c2ccc(F)cc2)c1OCCOc1cccc(Br)c1. The molecule has 0 fully saturated rings. The molecule has 2 N–H and O–H groups in total. The third kappa shape index (κ3) is 4.83. The second-order valence-electron chi connectivity index (χ2n) is 5.56. The molecule has 0 atom stereocenters. The monoisotopic (exact) mass is 430 g/mol. The van der Waals surface area contributed by atoms with Crippen molar-refractivity contribution in [2.45, 2.75) is 0 Å². The zero-order valence-corrected chi connectivity index (χ0v) is 15.8. The van der Waals surface area contributed by atoms with E-state index in [1.165, 1.54) is 18.3 Å². The van der Waals surface area contributed by atoms with Crippen molar-refractivity contribution < 1.29 is 18.7 Å². The number of rotatable bonds is 7. The van der Waals surface area contributed by atoms with Crippen LogP contribution in [0, 0.1) is 5.82 Å². The zero-order valence-electron chi connectivity index (χ0n) is 14.2. The van der Waals surface area contributed by atoms with E-state index < -0.39 is 5.91 Å². The molecule has 0 spiro atoms. The first-order valence-electron chi connectivity index (χ1n) is 8.10. The highest BCUT2D eigenvalue weighted by molar-refractivity contribution is 9.10. The van der Waals surface area contributed by atoms with E-state index >= 15 is 0 Å². The summed E-state index contributed by atoms with van der Waals surface area (Å²) in [6.45, 7) is 0.430. The number of pyridine rings is 1. The van der Waals surface area contributed by atoms with Crippen molar-refractivity contribution in [3.8, 4) is 22.6 Å². The molecule has 0 saturated carbocycles. The van der Waals surface area contributed by atoms with Crippen molar-refractivity contribution in [1.82, 2.24) is 4.98 Å². The molecule has 5 nitrogen and oxygen atoms in total. The van der Waals surface area contributed by atoms with Gasteiger partial charge in [-0.1, -0.05) is 34.1 Å². The first-order valence-corrected chi connectivity index (χ1v) is 8.90. The fraction of sp³-hybridized carbons (Fsp3) is 0.100. The second kappa shape index (κ2) is 8.64. The molecular formula is C20H16BrFN2O3. The van der Waals surface area contributed by atoms with E-state index in [0.29, 0.717) is 16.9 Å². The molecule has 0 saturated heterocycles. The van der Waals surface area contributed by atoms with Crippen LogP contribution >= 0.6 is 15.9 Å². The molecule has 0 aliphatic rings. The van der Waals surface area contributed by atoms with E-state index in [-0.39, 0.29) is 30.5 Å². The van der Waals surface area contributed by atoms with Gasteiger partial charge in [-0.05, 0) is 42.0 Å². The van der Waals surface area contributed by atoms with Gasteiger partial charge in [0.05, 0.1) is 0 Å². The number of halogens is 2. The number of nitrogens with two attached hydrogens (primary N) is 1. The summed E-state index contributed by atoms with van der Waals surface area (Å²) in [4.78, 5) is 15.7. The molecule has 0 radical (unpaired) electrons. The van der Waals surface area contributed by atoms with E-state index in [0.717, 1.165) is 4.47 Å². The van der Waals surface area contributed by atoms with Gasteiger partial charge in [0, 0.05) is 16.2 Å². The number of ether oxygens (including phenoxy) is 2. The van der Waals surface area contributed by atoms with Crippen molar-refractivity contribution >= 4 is 21.8 Å². The number of benzene rings is 2. The maximum atomic E-state index is 13.2. The largest absolute Gasteiger partial charge is 0.490 e. The Morgan fingerprint density at radius 3 is 2.52 bits per heavy atom. The van der Waals surface area contributed by atoms with Gasteiger partial charge >= 0.3 is 0 Å². The van der Waals surface area contributed by atoms with Crippen LogP contribution in [0.15, 0.2) is 65.3 Å². The highest BCUT2D eigenvalue weighted by atomic mass is 79.9. The van der Waals surface area contributed by atoms with Crippen LogP contribution < -0.4 is 15.2 Å². The lowest BCUT2D eigenvalue weighted by Gasteiger charge is -2.14. The van der Waals surface area contributed by atoms with Gasteiger partial charge in [0.15, 0.2) is 11.4 Å². The highest BCUT2D eigenvalue weighted by Gasteiger charge is 2.17. The standard InChI is InChI=1S/C20H16BrFN2O3/c21-14-2-1-3-16(12-14)26-10-11-27-19-17(8-9-24-18(19)20(23)25)13-4-6-15(22)7-5-13/h1-9,12H,10-11H2,(H2,23,25). The van der Waals surface area contributed by atoms with Crippen LogP contribution in [0.3, 0.4) is 0 Å². The molecule has 0 aliphatic heterocycles. The first kappa shape index (κ1) is 18.8. The maximum Gasteiger partial charge on any atom is 0.271 e. The van der Waals surface area contributed by atoms with Gasteiger partial charge in [-0.15, -0.1) is 0 Å². The highest BCUT2D eigenvalue weighted by Crippen LogP contribution is 2.32. The Morgan fingerprint density at radius 1 is 1.07 bits per heavy atom. The lowest BCUT2D eigenvalue weighted by Crippen LogP contribution is -2.17. The average Bonchev–Trinajstić information content (AvgIpc) is 2.66. The smallest absolute Gasteiger partial charge is 0.271 e. The molecular weight excluding hydrogens is 415 g/mol. The Balaban J connectivity index is 1.78. The quantitative estimate of drug-likeness (QED) is 0.569. The fourth-order valence-corrected chi connectivity index (χ4v) is 2.86. The molecule has 0 unspecified atom stereocenters. The van der Waals surface area contributed by atoms with Crippen molar-refractivity contribution in [3.63, 3.8) is 0 Å². The molecule has 1 heterocycles. The van der Waals surface area contributed by atoms with Crippen LogP contribution in [-0.4, -0.2) is 24.1 Å². The third-order valence-corrected chi connectivity index (χ3v) is 4.18. The molecule has 1 amide bonds. The first-order chi connectivity index (χ1) is 13.0. The molecule has 0 aliphatic carbocycles. The molecule has 27 heavy (non-hydrogen) atoms. The van der Waals surface area contributed by atoms with Gasteiger partial charge in [-0.25, -0.2) is 9.37 Å². The number of amides is 1. The summed E-state index contributed by atoms with van der Waals surface area (Å²) < 4.78 is 25.5. The van der Waals surface area contributed by atoms with Crippen molar-refractivity contribution in [2.24, 2.45) is 5.73 Å². The normalized spacial score (nSPS) is 10.4. The summed E-state index contributed by atoms with van der Waals surface area (Å²) >= 11 is 3.38. The lowest BCUT2D eigenvalue weighted by molar-refractivity contribution is 0.0990. The summed E-state index contributed by atoms with van der Waals surface area (Å²) in [5.41, 5.74) is 6.72. The van der Waals surface area contributed by atoms with Crippen molar-refractivity contribution in [3.05, 3.63) is 76.8 Å². The number of carbonyl (C=O) groups is 1. The third-order valence-electron chi connectivity index (χ3n) is 3.69. The van der Waals surface area contributed by atoms with Crippen LogP contribution in [0.25, 0.3) is 11.1 Å². The minimum atomic E-state index is -0.707. The molecule has 2 aromatic carbocycles. The Labute approximate surface area is 164 Å². The number of aromatic nitrogens is 1. The summed E-state index contributed by atoms with van der Waals surface area (Å²) in [5, 5.41) is 0. The number of hydrogen-bond donors (Lipinski definition) is 1. The molecule has 1 aromatic heterocycles. The minimum absolute atomic E-state index is 0.0132. The lowest BCUT2D eigenvalue weighted by atomic mass is 10.0.